The lowest BCUT2D eigenvalue weighted by Crippen LogP contribution is -2.41. The summed E-state index contributed by atoms with van der Waals surface area (Å²) in [7, 11) is -5.13. The second-order valence-corrected chi connectivity index (χ2v) is 5.06. The Morgan fingerprint density at radius 1 is 1.53 bits per heavy atom. The molecule has 1 heterocycles. The molecule has 1 aliphatic rings. The summed E-state index contributed by atoms with van der Waals surface area (Å²) in [4.78, 5) is 15.4. The van der Waals surface area contributed by atoms with E-state index < -0.39 is 16.4 Å². The van der Waals surface area contributed by atoms with E-state index in [4.69, 9.17) is 0 Å². The van der Waals surface area contributed by atoms with Gasteiger partial charge in [-0.05, 0) is 18.9 Å². The molecule has 6 nitrogen and oxygen atoms in total. The van der Waals surface area contributed by atoms with Crippen molar-refractivity contribution in [2.24, 2.45) is 0 Å². The minimum Gasteiger partial charge on any atom is -0.357 e. The van der Waals surface area contributed by atoms with Gasteiger partial charge in [-0.1, -0.05) is 16.0 Å². The minimum atomic E-state index is -5.13. The second kappa shape index (κ2) is 4.96. The van der Waals surface area contributed by atoms with Crippen molar-refractivity contribution < 1.29 is 21.3 Å². The van der Waals surface area contributed by atoms with E-state index in [2.05, 4.69) is 21.1 Å². The van der Waals surface area contributed by atoms with Gasteiger partial charge in [0.25, 0.3) is 5.91 Å². The Morgan fingerprint density at radius 2 is 2.26 bits per heavy atom. The predicted molar refractivity (Wildman–Crippen MR) is 64.5 cm³/mol. The molecule has 102 valence electrons. The van der Waals surface area contributed by atoms with E-state index >= 15 is 0 Å². The van der Waals surface area contributed by atoms with E-state index in [1.807, 2.05) is 0 Å². The first-order valence-electron chi connectivity index (χ1n) is 5.43. The molecule has 1 aromatic heterocycles. The quantitative estimate of drug-likeness (QED) is 0.662. The number of nitrogens with one attached hydrogen (secondary N) is 1. The number of carbonyl (C=O) groups excluding carboxylic acids is 1. The van der Waals surface area contributed by atoms with Crippen molar-refractivity contribution in [1.29, 1.82) is 0 Å². The van der Waals surface area contributed by atoms with Crippen LogP contribution in [0.25, 0.3) is 0 Å². The maximum absolute atomic E-state index is 12.3. The van der Waals surface area contributed by atoms with Gasteiger partial charge in [-0.3, -0.25) is 9.78 Å². The number of halogens is 1. The van der Waals surface area contributed by atoms with Crippen molar-refractivity contribution in [3.05, 3.63) is 36.2 Å². The third kappa shape index (κ3) is 3.50. The molecule has 0 saturated heterocycles. The van der Waals surface area contributed by atoms with Gasteiger partial charge in [-0.2, -0.15) is 8.42 Å². The molecule has 19 heavy (non-hydrogen) atoms. The highest BCUT2D eigenvalue weighted by Crippen LogP contribution is 2.24. The van der Waals surface area contributed by atoms with Crippen molar-refractivity contribution in [2.75, 3.05) is 0 Å². The Hall–Kier alpha value is -1.96. The Labute approximate surface area is 109 Å². The molecule has 0 bridgehead atoms. The highest BCUT2D eigenvalue weighted by Gasteiger charge is 2.24. The number of nitrogens with zero attached hydrogens (tertiary/aromatic N) is 1. The standard InChI is InChI=1S/C11H11FN2O4S/c1-7-2-3-10(7)14-11(15)8-4-9(6-13-5-8)18-19(12,16)17/h4-6,10H,1-3H2,(H,14,15). The van der Waals surface area contributed by atoms with Crippen molar-refractivity contribution in [1.82, 2.24) is 10.3 Å². The third-order valence-electron chi connectivity index (χ3n) is 2.72. The van der Waals surface area contributed by atoms with E-state index in [1.165, 1.54) is 6.20 Å². The molecule has 0 radical (unpaired) electrons. The maximum Gasteiger partial charge on any atom is 0.488 e. The van der Waals surface area contributed by atoms with Gasteiger partial charge in [0.15, 0.2) is 5.75 Å². The van der Waals surface area contributed by atoms with Crippen LogP contribution in [0.15, 0.2) is 30.6 Å². The highest BCUT2D eigenvalue weighted by molar-refractivity contribution is 7.81. The molecule has 1 amide bonds. The molecule has 1 saturated carbocycles. The van der Waals surface area contributed by atoms with E-state index in [-0.39, 0.29) is 17.4 Å². The van der Waals surface area contributed by atoms with Crippen LogP contribution in [0.1, 0.15) is 23.2 Å². The van der Waals surface area contributed by atoms with Crippen LogP contribution < -0.4 is 9.50 Å². The smallest absolute Gasteiger partial charge is 0.357 e. The fourth-order valence-corrected chi connectivity index (χ4v) is 1.93. The molecule has 0 aliphatic heterocycles. The molecular weight excluding hydrogens is 275 g/mol. The monoisotopic (exact) mass is 286 g/mol. The number of aromatic nitrogens is 1. The second-order valence-electron chi connectivity index (χ2n) is 4.11. The number of hydrogen-bond acceptors (Lipinski definition) is 5. The molecule has 0 aromatic carbocycles. The zero-order valence-corrected chi connectivity index (χ0v) is 10.6. The summed E-state index contributed by atoms with van der Waals surface area (Å²) in [5.41, 5.74) is 1.01. The van der Waals surface area contributed by atoms with Crippen LogP contribution in [0.2, 0.25) is 0 Å². The average Bonchev–Trinajstić information content (AvgIpc) is 2.32. The van der Waals surface area contributed by atoms with Gasteiger partial charge in [0, 0.05) is 6.20 Å². The summed E-state index contributed by atoms with van der Waals surface area (Å²) in [6, 6.07) is 1.02. The van der Waals surface area contributed by atoms with Crippen LogP contribution in [0.5, 0.6) is 5.75 Å². The third-order valence-corrected chi connectivity index (χ3v) is 3.11. The zero-order valence-electron chi connectivity index (χ0n) is 9.80. The molecule has 1 N–H and O–H groups in total. The lowest BCUT2D eigenvalue weighted by atomic mass is 9.87. The van der Waals surface area contributed by atoms with Crippen LogP contribution in [-0.2, 0) is 10.5 Å². The Morgan fingerprint density at radius 3 is 2.79 bits per heavy atom. The summed E-state index contributed by atoms with van der Waals surface area (Å²) >= 11 is 0. The topological polar surface area (TPSA) is 85.4 Å². The molecule has 8 heteroatoms. The summed E-state index contributed by atoms with van der Waals surface area (Å²) in [5, 5.41) is 2.70. The number of carbonyl (C=O) groups is 1. The first kappa shape index (κ1) is 13.5. The first-order valence-corrected chi connectivity index (χ1v) is 6.73. The zero-order chi connectivity index (χ0) is 14.0. The number of rotatable bonds is 4. The predicted octanol–water partition coefficient (Wildman–Crippen LogP) is 1.12. The van der Waals surface area contributed by atoms with Gasteiger partial charge in [-0.25, -0.2) is 0 Å². The number of hydrogen-bond donors (Lipinski definition) is 1. The fourth-order valence-electron chi connectivity index (χ4n) is 1.61. The van der Waals surface area contributed by atoms with Gasteiger partial charge >= 0.3 is 10.5 Å². The molecule has 1 aliphatic carbocycles. The molecule has 1 atom stereocenters. The summed E-state index contributed by atoms with van der Waals surface area (Å²) in [5.74, 6) is -0.803. The van der Waals surface area contributed by atoms with Crippen molar-refractivity contribution in [3.63, 3.8) is 0 Å². The number of pyridine rings is 1. The van der Waals surface area contributed by atoms with Gasteiger partial charge < -0.3 is 9.50 Å². The van der Waals surface area contributed by atoms with E-state index in [9.17, 15) is 17.1 Å². The van der Waals surface area contributed by atoms with Crippen LogP contribution in [0.3, 0.4) is 0 Å². The summed E-state index contributed by atoms with van der Waals surface area (Å²) < 4.78 is 37.0. The molecule has 1 fully saturated rings. The first-order chi connectivity index (χ1) is 8.85. The van der Waals surface area contributed by atoms with Crippen molar-refractivity contribution in [2.45, 2.75) is 18.9 Å². The summed E-state index contributed by atoms with van der Waals surface area (Å²) in [6.45, 7) is 3.77. The van der Waals surface area contributed by atoms with Gasteiger partial charge in [0.05, 0.1) is 17.8 Å². The minimum absolute atomic E-state index is 0.0815. The van der Waals surface area contributed by atoms with E-state index in [0.717, 1.165) is 30.7 Å². The van der Waals surface area contributed by atoms with Crippen LogP contribution in [0.4, 0.5) is 3.89 Å². The lowest BCUT2D eigenvalue weighted by Gasteiger charge is -2.29. The SMILES string of the molecule is C=C1CCC1NC(=O)c1cncc(OS(=O)(=O)F)c1. The van der Waals surface area contributed by atoms with E-state index in [1.54, 1.807) is 0 Å². The Bertz CT molecular complexity index is 629. The van der Waals surface area contributed by atoms with Crippen LogP contribution in [-0.4, -0.2) is 25.4 Å². The van der Waals surface area contributed by atoms with Crippen LogP contribution >= 0.6 is 0 Å². The number of amides is 1. The largest absolute Gasteiger partial charge is 0.488 e. The van der Waals surface area contributed by atoms with Gasteiger partial charge in [0.2, 0.25) is 0 Å². The van der Waals surface area contributed by atoms with Gasteiger partial charge in [0.1, 0.15) is 0 Å². The van der Waals surface area contributed by atoms with Crippen LogP contribution in [0, 0.1) is 0 Å². The van der Waals surface area contributed by atoms with E-state index in [0.29, 0.717) is 0 Å². The lowest BCUT2D eigenvalue weighted by molar-refractivity contribution is 0.0932. The Balaban J connectivity index is 2.09. The average molecular weight is 286 g/mol. The normalized spacial score (nSPS) is 18.6. The molecule has 1 unspecified atom stereocenters. The molecule has 1 aromatic rings. The summed E-state index contributed by atoms with van der Waals surface area (Å²) in [6.07, 6.45) is 3.91. The fraction of sp³-hybridized carbons (Fsp3) is 0.273. The van der Waals surface area contributed by atoms with Crippen molar-refractivity contribution >= 4 is 16.4 Å². The maximum atomic E-state index is 12.3. The highest BCUT2D eigenvalue weighted by atomic mass is 32.3. The molecule has 2 rings (SSSR count). The molecular formula is C11H11FN2O4S. The van der Waals surface area contributed by atoms with Gasteiger partial charge in [-0.15, -0.1) is 0 Å². The Kier molecular flexibility index (Phi) is 3.52. The molecule has 0 spiro atoms. The van der Waals surface area contributed by atoms with Crippen molar-refractivity contribution in [3.8, 4) is 5.75 Å².